The third-order valence-electron chi connectivity index (χ3n) is 4.82. The van der Waals surface area contributed by atoms with E-state index in [4.69, 9.17) is 11.6 Å². The van der Waals surface area contributed by atoms with E-state index in [1.807, 2.05) is 6.92 Å². The van der Waals surface area contributed by atoms with E-state index in [1.165, 1.54) is 18.2 Å². The quantitative estimate of drug-likeness (QED) is 0.431. The van der Waals surface area contributed by atoms with Gasteiger partial charge < -0.3 is 5.32 Å². The van der Waals surface area contributed by atoms with Gasteiger partial charge in [-0.05, 0) is 42.7 Å². The Bertz CT molecular complexity index is 1250. The van der Waals surface area contributed by atoms with Crippen LogP contribution in [0.2, 0.25) is 5.15 Å². The first-order valence-corrected chi connectivity index (χ1v) is 12.4. The number of aromatic nitrogens is 2. The van der Waals surface area contributed by atoms with Crippen LogP contribution < -0.4 is 10.0 Å². The number of hydrogen-bond acceptors (Lipinski definition) is 4. The lowest BCUT2D eigenvalue weighted by Gasteiger charge is -2.13. The van der Waals surface area contributed by atoms with Crippen LogP contribution in [-0.4, -0.2) is 24.1 Å². The molecule has 2 aromatic carbocycles. The normalized spacial score (nSPS) is 11.8. The van der Waals surface area contributed by atoms with Crippen molar-refractivity contribution in [3.63, 3.8) is 0 Å². The fourth-order valence-corrected chi connectivity index (χ4v) is 4.63. The van der Waals surface area contributed by atoms with Crippen LogP contribution >= 0.6 is 11.6 Å². The van der Waals surface area contributed by atoms with Crippen LogP contribution in [-0.2, 0) is 27.9 Å². The summed E-state index contributed by atoms with van der Waals surface area (Å²) < 4.78 is 29.6. The number of halogens is 1. The molecule has 1 aromatic heterocycles. The number of nitrogens with one attached hydrogen (secondary N) is 2. The lowest BCUT2D eigenvalue weighted by Crippen LogP contribution is -2.22. The molecule has 0 unspecified atom stereocenters. The summed E-state index contributed by atoms with van der Waals surface area (Å²) in [6, 6.07) is 15.0. The summed E-state index contributed by atoms with van der Waals surface area (Å²) in [6.45, 7) is 6.84. The van der Waals surface area contributed by atoms with Gasteiger partial charge >= 0.3 is 0 Å². The number of anilines is 1. The van der Waals surface area contributed by atoms with E-state index in [-0.39, 0.29) is 17.3 Å². The lowest BCUT2D eigenvalue weighted by atomic mass is 10.2. The highest BCUT2D eigenvalue weighted by Crippen LogP contribution is 2.23. The van der Waals surface area contributed by atoms with E-state index in [0.29, 0.717) is 34.4 Å². The van der Waals surface area contributed by atoms with Gasteiger partial charge in [-0.15, -0.1) is 0 Å². The van der Waals surface area contributed by atoms with E-state index >= 15 is 0 Å². The molecule has 1 amide bonds. The zero-order valence-electron chi connectivity index (χ0n) is 18.7. The van der Waals surface area contributed by atoms with Crippen LogP contribution in [0.15, 0.2) is 65.6 Å². The van der Waals surface area contributed by atoms with Crippen molar-refractivity contribution < 1.29 is 13.2 Å². The van der Waals surface area contributed by atoms with Gasteiger partial charge in [0.1, 0.15) is 5.15 Å². The topological polar surface area (TPSA) is 93.1 Å². The molecule has 3 aromatic rings. The molecule has 0 radical (unpaired) electrons. The highest BCUT2D eigenvalue weighted by atomic mass is 35.5. The molecule has 0 saturated heterocycles. The van der Waals surface area contributed by atoms with Gasteiger partial charge in [0.2, 0.25) is 5.91 Å². The number of nitrogens with zero attached hydrogens (tertiary/aromatic N) is 2. The summed E-state index contributed by atoms with van der Waals surface area (Å²) in [6.07, 6.45) is 3.03. The Morgan fingerprint density at radius 1 is 1.12 bits per heavy atom. The Kier molecular flexibility index (Phi) is 7.94. The van der Waals surface area contributed by atoms with Crippen LogP contribution in [0.5, 0.6) is 0 Å². The Morgan fingerprint density at radius 2 is 1.79 bits per heavy atom. The molecule has 0 spiro atoms. The molecule has 1 heterocycles. The van der Waals surface area contributed by atoms with E-state index in [1.54, 1.807) is 53.2 Å². The maximum Gasteiger partial charge on any atom is 0.261 e. The standard InChI is InChI=1S/C24H27ClN4O3S/c1-17(2)16-29-24(25)21(18(3)27-29)13-14-23(30)26-15-19-9-7-8-12-22(19)28-33(31,32)20-10-5-4-6-11-20/h4-14,17,28H,15-16H2,1-3H3,(H,26,30). The Balaban J connectivity index is 1.68. The molecule has 0 bridgehead atoms. The summed E-state index contributed by atoms with van der Waals surface area (Å²) in [7, 11) is -3.74. The second-order valence-corrected chi connectivity index (χ2v) is 10.0. The summed E-state index contributed by atoms with van der Waals surface area (Å²) in [5.74, 6) is 0.0594. The average Bonchev–Trinajstić information content (AvgIpc) is 3.03. The maximum absolute atomic E-state index is 12.7. The fraction of sp³-hybridized carbons (Fsp3) is 0.250. The molecule has 0 aliphatic rings. The molecular weight excluding hydrogens is 460 g/mol. The molecule has 0 aliphatic carbocycles. The summed E-state index contributed by atoms with van der Waals surface area (Å²) in [4.78, 5) is 12.6. The molecule has 7 nitrogen and oxygen atoms in total. The lowest BCUT2D eigenvalue weighted by molar-refractivity contribution is -0.116. The van der Waals surface area contributed by atoms with Crippen molar-refractivity contribution in [3.8, 4) is 0 Å². The summed E-state index contributed by atoms with van der Waals surface area (Å²) in [5, 5.41) is 7.70. The number of benzene rings is 2. The van der Waals surface area contributed by atoms with Crippen molar-refractivity contribution in [3.05, 3.63) is 82.6 Å². The van der Waals surface area contributed by atoms with E-state index in [9.17, 15) is 13.2 Å². The zero-order chi connectivity index (χ0) is 24.0. The van der Waals surface area contributed by atoms with Crippen molar-refractivity contribution in [2.24, 2.45) is 5.92 Å². The zero-order valence-corrected chi connectivity index (χ0v) is 20.3. The fourth-order valence-electron chi connectivity index (χ4n) is 3.20. The molecule has 9 heteroatoms. The molecule has 0 aliphatic heterocycles. The van der Waals surface area contributed by atoms with Crippen molar-refractivity contribution in [2.45, 2.75) is 38.8 Å². The van der Waals surface area contributed by atoms with E-state index < -0.39 is 10.0 Å². The van der Waals surface area contributed by atoms with Gasteiger partial charge in [-0.1, -0.05) is 61.8 Å². The smallest absolute Gasteiger partial charge is 0.261 e. The van der Waals surface area contributed by atoms with Gasteiger partial charge in [-0.3, -0.25) is 14.2 Å². The van der Waals surface area contributed by atoms with Gasteiger partial charge in [-0.2, -0.15) is 5.10 Å². The van der Waals surface area contributed by atoms with Crippen molar-refractivity contribution in [1.29, 1.82) is 0 Å². The third-order valence-corrected chi connectivity index (χ3v) is 6.60. The van der Waals surface area contributed by atoms with Gasteiger partial charge in [0.05, 0.1) is 16.3 Å². The number of aryl methyl sites for hydroxylation is 1. The van der Waals surface area contributed by atoms with Crippen LogP contribution in [0.3, 0.4) is 0 Å². The van der Waals surface area contributed by atoms with Crippen LogP contribution in [0.4, 0.5) is 5.69 Å². The predicted octanol–water partition coefficient (Wildman–Crippen LogP) is 4.63. The molecule has 174 valence electrons. The number of carbonyl (C=O) groups is 1. The Hall–Kier alpha value is -3.10. The number of rotatable bonds is 9. The van der Waals surface area contributed by atoms with Crippen LogP contribution in [0, 0.1) is 12.8 Å². The first-order valence-electron chi connectivity index (χ1n) is 10.5. The number of amides is 1. The number of carbonyl (C=O) groups excluding carboxylic acids is 1. The molecule has 0 saturated carbocycles. The van der Waals surface area contributed by atoms with Crippen LogP contribution in [0.1, 0.15) is 30.7 Å². The largest absolute Gasteiger partial charge is 0.348 e. The number of sulfonamides is 1. The average molecular weight is 487 g/mol. The second-order valence-electron chi connectivity index (χ2n) is 7.99. The highest BCUT2D eigenvalue weighted by molar-refractivity contribution is 7.92. The minimum atomic E-state index is -3.74. The van der Waals surface area contributed by atoms with Gasteiger partial charge in [-0.25, -0.2) is 8.42 Å². The molecule has 0 fully saturated rings. The number of para-hydroxylation sites is 1. The monoisotopic (exact) mass is 486 g/mol. The summed E-state index contributed by atoms with van der Waals surface area (Å²) in [5.41, 5.74) is 2.48. The van der Waals surface area contributed by atoms with E-state index in [0.717, 1.165) is 5.69 Å². The van der Waals surface area contributed by atoms with E-state index in [2.05, 4.69) is 29.0 Å². The molecule has 33 heavy (non-hydrogen) atoms. The molecular formula is C24H27ClN4O3S. The molecule has 2 N–H and O–H groups in total. The minimum Gasteiger partial charge on any atom is -0.348 e. The molecule has 0 atom stereocenters. The van der Waals surface area contributed by atoms with Crippen LogP contribution in [0.25, 0.3) is 6.08 Å². The van der Waals surface area contributed by atoms with Crippen molar-refractivity contribution >= 4 is 39.3 Å². The SMILES string of the molecule is Cc1nn(CC(C)C)c(Cl)c1C=CC(=O)NCc1ccccc1NS(=O)(=O)c1ccccc1. The Labute approximate surface area is 199 Å². The van der Waals surface area contributed by atoms with Gasteiger partial charge in [0, 0.05) is 24.7 Å². The molecule has 3 rings (SSSR count). The van der Waals surface area contributed by atoms with Crippen molar-refractivity contribution in [1.82, 2.24) is 15.1 Å². The maximum atomic E-state index is 12.7. The highest BCUT2D eigenvalue weighted by Gasteiger charge is 2.16. The number of hydrogen-bond donors (Lipinski definition) is 2. The first kappa shape index (κ1) is 24.5. The Morgan fingerprint density at radius 3 is 2.48 bits per heavy atom. The summed E-state index contributed by atoms with van der Waals surface area (Å²) >= 11 is 6.42. The minimum absolute atomic E-state index is 0.149. The van der Waals surface area contributed by atoms with Gasteiger partial charge in [0.15, 0.2) is 0 Å². The second kappa shape index (κ2) is 10.7. The predicted molar refractivity (Wildman–Crippen MR) is 131 cm³/mol. The van der Waals surface area contributed by atoms with Gasteiger partial charge in [0.25, 0.3) is 10.0 Å². The first-order chi connectivity index (χ1) is 15.7. The third kappa shape index (κ3) is 6.46. The van der Waals surface area contributed by atoms with Crippen molar-refractivity contribution in [2.75, 3.05) is 4.72 Å².